The zero-order chi connectivity index (χ0) is 16.2. The minimum Gasteiger partial charge on any atom is -0.467 e. The van der Waals surface area contributed by atoms with Gasteiger partial charge in [0.2, 0.25) is 0 Å². The van der Waals surface area contributed by atoms with Crippen molar-refractivity contribution in [1.82, 2.24) is 14.8 Å². The van der Waals surface area contributed by atoms with Crippen LogP contribution in [-0.2, 0) is 6.54 Å². The summed E-state index contributed by atoms with van der Waals surface area (Å²) in [4.78, 5) is 12.3. The van der Waals surface area contributed by atoms with Gasteiger partial charge in [-0.1, -0.05) is 23.9 Å². The van der Waals surface area contributed by atoms with Crippen molar-refractivity contribution in [3.8, 4) is 0 Å². The molecule has 0 amide bonds. The first-order chi connectivity index (χ1) is 11.1. The topological polar surface area (TPSA) is 60.9 Å². The lowest BCUT2D eigenvalue weighted by atomic mass is 10.0. The predicted molar refractivity (Wildman–Crippen MR) is 88.8 cm³/mol. The molecule has 2 heterocycles. The highest BCUT2D eigenvalue weighted by atomic mass is 32.2. The van der Waals surface area contributed by atoms with Crippen LogP contribution in [0.3, 0.4) is 0 Å². The molecule has 0 fully saturated rings. The first kappa shape index (κ1) is 15.6. The number of hydrogen-bond acceptors (Lipinski definition) is 5. The molecule has 5 nitrogen and oxygen atoms in total. The van der Waals surface area contributed by atoms with Crippen LogP contribution in [0.1, 0.15) is 27.2 Å². The van der Waals surface area contributed by atoms with E-state index in [1.54, 1.807) is 12.6 Å². The third-order valence-electron chi connectivity index (χ3n) is 3.65. The number of furan rings is 1. The van der Waals surface area contributed by atoms with Crippen LogP contribution in [0.5, 0.6) is 0 Å². The van der Waals surface area contributed by atoms with Gasteiger partial charge in [-0.25, -0.2) is 0 Å². The molecule has 0 aliphatic carbocycles. The molecule has 0 spiro atoms. The van der Waals surface area contributed by atoms with Crippen molar-refractivity contribution in [3.63, 3.8) is 0 Å². The Hall–Kier alpha value is -2.34. The second kappa shape index (κ2) is 6.83. The fourth-order valence-electron chi connectivity index (χ4n) is 2.16. The highest BCUT2D eigenvalue weighted by Gasteiger charge is 2.12. The largest absolute Gasteiger partial charge is 0.467 e. The van der Waals surface area contributed by atoms with Crippen molar-refractivity contribution >= 4 is 17.5 Å². The maximum Gasteiger partial charge on any atom is 0.191 e. The van der Waals surface area contributed by atoms with Crippen LogP contribution in [0.15, 0.2) is 52.5 Å². The van der Waals surface area contributed by atoms with Crippen LogP contribution in [0.4, 0.5) is 0 Å². The molecule has 0 N–H and O–H groups in total. The molecule has 2 aromatic heterocycles. The summed E-state index contributed by atoms with van der Waals surface area (Å²) in [5, 5.41) is 8.70. The van der Waals surface area contributed by atoms with Crippen molar-refractivity contribution in [2.24, 2.45) is 0 Å². The van der Waals surface area contributed by atoms with Gasteiger partial charge in [0.05, 0.1) is 18.6 Å². The van der Waals surface area contributed by atoms with Crippen molar-refractivity contribution in [1.29, 1.82) is 0 Å². The van der Waals surface area contributed by atoms with E-state index in [1.165, 1.54) is 17.3 Å². The van der Waals surface area contributed by atoms with E-state index in [4.69, 9.17) is 4.42 Å². The summed E-state index contributed by atoms with van der Waals surface area (Å²) in [5.74, 6) is 1.25. The van der Waals surface area contributed by atoms with Gasteiger partial charge in [-0.05, 0) is 43.2 Å². The molecule has 0 atom stereocenters. The quantitative estimate of drug-likeness (QED) is 0.512. The summed E-state index contributed by atoms with van der Waals surface area (Å²) in [7, 11) is 0. The summed E-state index contributed by atoms with van der Waals surface area (Å²) in [5.41, 5.74) is 3.05. The predicted octanol–water partition coefficient (Wildman–Crippen LogP) is 3.51. The van der Waals surface area contributed by atoms with Crippen molar-refractivity contribution in [3.05, 3.63) is 65.4 Å². The summed E-state index contributed by atoms with van der Waals surface area (Å²) >= 11 is 1.39. The monoisotopic (exact) mass is 327 g/mol. The lowest BCUT2D eigenvalue weighted by Gasteiger charge is -2.06. The molecular weight excluding hydrogens is 310 g/mol. The van der Waals surface area contributed by atoms with E-state index in [1.807, 2.05) is 48.7 Å². The Morgan fingerprint density at radius 1 is 1.26 bits per heavy atom. The van der Waals surface area contributed by atoms with Gasteiger partial charge in [-0.15, -0.1) is 10.2 Å². The maximum atomic E-state index is 12.3. The number of Topliss-reactive ketones (excluding diaryl/α,β-unsaturated/α-hetero) is 1. The van der Waals surface area contributed by atoms with Gasteiger partial charge in [0.1, 0.15) is 12.1 Å². The number of benzene rings is 1. The zero-order valence-electron chi connectivity index (χ0n) is 13.0. The number of thioether (sulfide) groups is 1. The highest BCUT2D eigenvalue weighted by Crippen LogP contribution is 2.19. The number of ketones is 1. The van der Waals surface area contributed by atoms with Crippen LogP contribution >= 0.6 is 11.8 Å². The van der Waals surface area contributed by atoms with E-state index in [0.29, 0.717) is 17.5 Å². The molecule has 1 aromatic carbocycles. The van der Waals surface area contributed by atoms with E-state index in [0.717, 1.165) is 16.9 Å². The van der Waals surface area contributed by atoms with Gasteiger partial charge >= 0.3 is 0 Å². The molecule has 118 valence electrons. The molecule has 0 saturated heterocycles. The highest BCUT2D eigenvalue weighted by molar-refractivity contribution is 7.99. The summed E-state index contributed by atoms with van der Waals surface area (Å²) in [6.45, 7) is 4.61. The van der Waals surface area contributed by atoms with Crippen LogP contribution in [-0.4, -0.2) is 26.3 Å². The molecule has 0 aliphatic rings. The fourth-order valence-corrected chi connectivity index (χ4v) is 2.97. The van der Waals surface area contributed by atoms with E-state index in [-0.39, 0.29) is 5.78 Å². The van der Waals surface area contributed by atoms with Gasteiger partial charge in [-0.2, -0.15) is 0 Å². The molecule has 3 rings (SSSR count). The first-order valence-corrected chi connectivity index (χ1v) is 8.25. The second-order valence-corrected chi connectivity index (χ2v) is 6.27. The van der Waals surface area contributed by atoms with Crippen molar-refractivity contribution in [2.75, 3.05) is 5.75 Å². The van der Waals surface area contributed by atoms with Crippen LogP contribution < -0.4 is 0 Å². The lowest BCUT2D eigenvalue weighted by Crippen LogP contribution is -2.05. The Labute approximate surface area is 138 Å². The van der Waals surface area contributed by atoms with E-state index in [9.17, 15) is 4.79 Å². The Kier molecular flexibility index (Phi) is 4.62. The zero-order valence-corrected chi connectivity index (χ0v) is 13.8. The number of nitrogens with zero attached hydrogens (tertiary/aromatic N) is 3. The van der Waals surface area contributed by atoms with Gasteiger partial charge < -0.3 is 8.98 Å². The van der Waals surface area contributed by atoms with Gasteiger partial charge in [0.25, 0.3) is 0 Å². The molecule has 23 heavy (non-hydrogen) atoms. The number of aryl methyl sites for hydroxylation is 2. The van der Waals surface area contributed by atoms with Gasteiger partial charge in [0, 0.05) is 5.56 Å². The standard InChI is InChI=1S/C17H17N3O2S/c1-12-5-6-14(8-13(12)2)16(21)10-23-17-19-18-11-20(17)9-15-4-3-7-22-15/h3-8,11H,9-10H2,1-2H3. The van der Waals surface area contributed by atoms with Crippen molar-refractivity contribution < 1.29 is 9.21 Å². The average molecular weight is 327 g/mol. The third-order valence-corrected chi connectivity index (χ3v) is 4.63. The summed E-state index contributed by atoms with van der Waals surface area (Å²) in [6.07, 6.45) is 3.28. The Bertz CT molecular complexity index is 809. The Morgan fingerprint density at radius 2 is 2.13 bits per heavy atom. The molecule has 0 unspecified atom stereocenters. The lowest BCUT2D eigenvalue weighted by molar-refractivity contribution is 0.102. The normalized spacial score (nSPS) is 10.9. The van der Waals surface area contributed by atoms with Gasteiger partial charge in [0.15, 0.2) is 10.9 Å². The number of rotatable bonds is 6. The number of hydrogen-bond donors (Lipinski definition) is 0. The average Bonchev–Trinajstić information content (AvgIpc) is 3.20. The SMILES string of the molecule is Cc1ccc(C(=O)CSc2nncn2Cc2ccco2)cc1C. The number of carbonyl (C=O) groups excluding carboxylic acids is 1. The van der Waals surface area contributed by atoms with Gasteiger partial charge in [-0.3, -0.25) is 4.79 Å². The Balaban J connectivity index is 1.65. The summed E-state index contributed by atoms with van der Waals surface area (Å²) < 4.78 is 7.20. The smallest absolute Gasteiger partial charge is 0.191 e. The van der Waals surface area contributed by atoms with Crippen LogP contribution in [0, 0.1) is 13.8 Å². The fraction of sp³-hybridized carbons (Fsp3) is 0.235. The van der Waals surface area contributed by atoms with Crippen LogP contribution in [0.25, 0.3) is 0 Å². The minimum atomic E-state index is 0.0886. The van der Waals surface area contributed by atoms with E-state index < -0.39 is 0 Å². The molecule has 0 radical (unpaired) electrons. The number of aromatic nitrogens is 3. The molecule has 0 aliphatic heterocycles. The molecular formula is C17H17N3O2S. The first-order valence-electron chi connectivity index (χ1n) is 7.27. The van der Waals surface area contributed by atoms with E-state index in [2.05, 4.69) is 10.2 Å². The van der Waals surface area contributed by atoms with Crippen molar-refractivity contribution in [2.45, 2.75) is 25.5 Å². The number of carbonyl (C=O) groups is 1. The maximum absolute atomic E-state index is 12.3. The molecule has 0 bridgehead atoms. The molecule has 3 aromatic rings. The second-order valence-electron chi connectivity index (χ2n) is 5.33. The summed E-state index contributed by atoms with van der Waals surface area (Å²) in [6, 6.07) is 9.53. The van der Waals surface area contributed by atoms with E-state index >= 15 is 0 Å². The Morgan fingerprint density at radius 3 is 2.87 bits per heavy atom. The minimum absolute atomic E-state index is 0.0886. The third kappa shape index (κ3) is 3.71. The van der Waals surface area contributed by atoms with Crippen LogP contribution in [0.2, 0.25) is 0 Å². The molecule has 0 saturated carbocycles. The molecule has 6 heteroatoms.